The molecule has 26 heavy (non-hydrogen) atoms. The maximum atomic E-state index is 12.7. The number of anilines is 1. The van der Waals surface area contributed by atoms with Gasteiger partial charge < -0.3 is 4.90 Å². The predicted octanol–water partition coefficient (Wildman–Crippen LogP) is 2.16. The van der Waals surface area contributed by atoms with Gasteiger partial charge in [-0.2, -0.15) is 4.31 Å². The molecule has 1 aliphatic heterocycles. The Morgan fingerprint density at radius 2 is 2.00 bits per heavy atom. The molecule has 136 valence electrons. The van der Waals surface area contributed by atoms with E-state index in [2.05, 4.69) is 32.8 Å². The number of thiophene rings is 1. The Bertz CT molecular complexity index is 1010. The van der Waals surface area contributed by atoms with E-state index >= 15 is 0 Å². The van der Waals surface area contributed by atoms with Gasteiger partial charge in [-0.3, -0.25) is 4.98 Å². The van der Waals surface area contributed by atoms with Gasteiger partial charge in [0.1, 0.15) is 21.9 Å². The van der Waals surface area contributed by atoms with E-state index in [1.165, 1.54) is 15.4 Å². The summed E-state index contributed by atoms with van der Waals surface area (Å²) in [6.45, 7) is 4.17. The number of hydrogen-bond acceptors (Lipinski definition) is 7. The highest BCUT2D eigenvalue weighted by molar-refractivity contribution is 7.89. The molecule has 1 aliphatic rings. The summed E-state index contributed by atoms with van der Waals surface area (Å²) in [5, 5.41) is 1.05. The molecule has 4 heterocycles. The lowest BCUT2D eigenvalue weighted by molar-refractivity contribution is 0.384. The summed E-state index contributed by atoms with van der Waals surface area (Å²) in [6.07, 6.45) is 5.53. The van der Waals surface area contributed by atoms with Crippen molar-refractivity contribution in [1.29, 1.82) is 0 Å². The summed E-state index contributed by atoms with van der Waals surface area (Å²) in [4.78, 5) is 17.4. The molecule has 0 aromatic carbocycles. The van der Waals surface area contributed by atoms with Gasteiger partial charge in [0.2, 0.25) is 10.0 Å². The maximum absolute atomic E-state index is 12.7. The Hall–Kier alpha value is -2.10. The van der Waals surface area contributed by atoms with Crippen molar-refractivity contribution in [1.82, 2.24) is 19.3 Å². The summed E-state index contributed by atoms with van der Waals surface area (Å²) in [5.74, 6) is 0.893. The van der Waals surface area contributed by atoms with Gasteiger partial charge in [-0.05, 0) is 24.6 Å². The summed E-state index contributed by atoms with van der Waals surface area (Å²) in [7, 11) is -3.50. The molecule has 4 rings (SSSR count). The third-order valence-electron chi connectivity index (χ3n) is 4.52. The largest absolute Gasteiger partial charge is 0.353 e. The molecule has 0 aliphatic carbocycles. The number of pyridine rings is 1. The molecule has 9 heteroatoms. The van der Waals surface area contributed by atoms with E-state index < -0.39 is 10.0 Å². The zero-order chi connectivity index (χ0) is 18.1. The van der Waals surface area contributed by atoms with Crippen molar-refractivity contribution in [2.75, 3.05) is 31.1 Å². The van der Waals surface area contributed by atoms with Gasteiger partial charge in [-0.15, -0.1) is 11.3 Å². The van der Waals surface area contributed by atoms with Gasteiger partial charge in [0, 0.05) is 43.4 Å². The van der Waals surface area contributed by atoms with E-state index in [1.54, 1.807) is 36.0 Å². The van der Waals surface area contributed by atoms with Crippen LogP contribution < -0.4 is 4.90 Å². The molecule has 3 aromatic rings. The fraction of sp³-hybridized carbons (Fsp3) is 0.353. The van der Waals surface area contributed by atoms with Crippen molar-refractivity contribution >= 4 is 37.4 Å². The molecular formula is C17H19N5O2S2. The molecule has 0 atom stereocenters. The molecule has 0 N–H and O–H groups in total. The van der Waals surface area contributed by atoms with Crippen LogP contribution in [0.5, 0.6) is 0 Å². The van der Waals surface area contributed by atoms with Crippen molar-refractivity contribution in [3.05, 3.63) is 41.8 Å². The maximum Gasteiger partial charge on any atom is 0.244 e. The first-order valence-corrected chi connectivity index (χ1v) is 10.7. The third kappa shape index (κ3) is 3.06. The predicted molar refractivity (Wildman–Crippen MR) is 102 cm³/mol. The first-order valence-electron chi connectivity index (χ1n) is 8.48. The SMILES string of the molecule is CCc1cc2c(N3CCN(S(=O)(=O)c4cccnc4)CC3)ncnc2s1. The van der Waals surface area contributed by atoms with Crippen LogP contribution in [0.1, 0.15) is 11.8 Å². The van der Waals surface area contributed by atoms with Crippen LogP contribution in [0.4, 0.5) is 5.82 Å². The summed E-state index contributed by atoms with van der Waals surface area (Å²) >= 11 is 1.69. The lowest BCUT2D eigenvalue weighted by atomic mass is 10.2. The second-order valence-corrected chi connectivity index (χ2v) is 9.12. The molecule has 1 saturated heterocycles. The minimum atomic E-state index is -3.50. The second kappa shape index (κ2) is 6.90. The fourth-order valence-electron chi connectivity index (χ4n) is 3.11. The van der Waals surface area contributed by atoms with E-state index in [0.717, 1.165) is 22.5 Å². The minimum Gasteiger partial charge on any atom is -0.353 e. The van der Waals surface area contributed by atoms with Gasteiger partial charge in [0.15, 0.2) is 0 Å². The highest BCUT2D eigenvalue weighted by Gasteiger charge is 2.29. The first kappa shape index (κ1) is 17.3. The van der Waals surface area contributed by atoms with Crippen molar-refractivity contribution in [3.63, 3.8) is 0 Å². The average molecular weight is 390 g/mol. The van der Waals surface area contributed by atoms with Crippen LogP contribution in [0, 0.1) is 0 Å². The van der Waals surface area contributed by atoms with E-state index in [9.17, 15) is 8.42 Å². The molecule has 1 fully saturated rings. The van der Waals surface area contributed by atoms with Crippen LogP contribution in [0.3, 0.4) is 0 Å². The van der Waals surface area contributed by atoms with Crippen LogP contribution in [-0.4, -0.2) is 53.9 Å². The van der Waals surface area contributed by atoms with Crippen LogP contribution in [-0.2, 0) is 16.4 Å². The van der Waals surface area contributed by atoms with E-state index in [4.69, 9.17) is 0 Å². The van der Waals surface area contributed by atoms with Crippen LogP contribution >= 0.6 is 11.3 Å². The Morgan fingerprint density at radius 3 is 2.69 bits per heavy atom. The van der Waals surface area contributed by atoms with Gasteiger partial charge in [-0.25, -0.2) is 18.4 Å². The van der Waals surface area contributed by atoms with E-state index in [-0.39, 0.29) is 4.90 Å². The van der Waals surface area contributed by atoms with Crippen molar-refractivity contribution in [3.8, 4) is 0 Å². The molecular weight excluding hydrogens is 370 g/mol. The highest BCUT2D eigenvalue weighted by Crippen LogP contribution is 2.31. The molecule has 3 aromatic heterocycles. The minimum absolute atomic E-state index is 0.239. The summed E-state index contributed by atoms with van der Waals surface area (Å²) in [5.41, 5.74) is 0. The van der Waals surface area contributed by atoms with Crippen LogP contribution in [0.25, 0.3) is 10.2 Å². The Kier molecular flexibility index (Phi) is 4.60. The van der Waals surface area contributed by atoms with Gasteiger partial charge in [0.05, 0.1) is 5.39 Å². The number of rotatable bonds is 4. The third-order valence-corrected chi connectivity index (χ3v) is 7.59. The molecule has 0 spiro atoms. The topological polar surface area (TPSA) is 79.3 Å². The first-order chi connectivity index (χ1) is 12.6. The number of sulfonamides is 1. The number of hydrogen-bond donors (Lipinski definition) is 0. The number of nitrogens with zero attached hydrogens (tertiary/aromatic N) is 5. The van der Waals surface area contributed by atoms with E-state index in [0.29, 0.717) is 26.2 Å². The highest BCUT2D eigenvalue weighted by atomic mass is 32.2. The van der Waals surface area contributed by atoms with Crippen LogP contribution in [0.2, 0.25) is 0 Å². The van der Waals surface area contributed by atoms with Gasteiger partial charge in [0.25, 0.3) is 0 Å². The normalized spacial score (nSPS) is 16.3. The summed E-state index contributed by atoms with van der Waals surface area (Å²) in [6, 6.07) is 5.37. The van der Waals surface area contributed by atoms with Crippen molar-refractivity contribution < 1.29 is 8.42 Å². The molecule has 0 radical (unpaired) electrons. The Balaban J connectivity index is 1.55. The Morgan fingerprint density at radius 1 is 1.19 bits per heavy atom. The zero-order valence-electron chi connectivity index (χ0n) is 14.4. The van der Waals surface area contributed by atoms with Crippen molar-refractivity contribution in [2.45, 2.75) is 18.2 Å². The lowest BCUT2D eigenvalue weighted by Crippen LogP contribution is -2.49. The number of fused-ring (bicyclic) bond motifs is 1. The van der Waals surface area contributed by atoms with Crippen LogP contribution in [0.15, 0.2) is 41.8 Å². The fourth-order valence-corrected chi connectivity index (χ4v) is 5.42. The summed E-state index contributed by atoms with van der Waals surface area (Å²) < 4.78 is 27.0. The molecule has 0 amide bonds. The second-order valence-electron chi connectivity index (χ2n) is 6.06. The van der Waals surface area contributed by atoms with Crippen molar-refractivity contribution in [2.24, 2.45) is 0 Å². The smallest absolute Gasteiger partial charge is 0.244 e. The standard InChI is InChI=1S/C17H19N5O2S2/c1-2-13-10-15-16(19-12-20-17(15)25-13)21-6-8-22(9-7-21)26(23,24)14-4-3-5-18-11-14/h3-5,10-12H,2,6-9H2,1H3. The average Bonchev–Trinajstić information content (AvgIpc) is 3.12. The number of aryl methyl sites for hydroxylation is 1. The number of piperazine rings is 1. The van der Waals surface area contributed by atoms with E-state index in [1.807, 2.05) is 0 Å². The van der Waals surface area contributed by atoms with Gasteiger partial charge in [-0.1, -0.05) is 6.92 Å². The van der Waals surface area contributed by atoms with Gasteiger partial charge >= 0.3 is 0 Å². The molecule has 0 saturated carbocycles. The Labute approximate surface area is 156 Å². The number of aromatic nitrogens is 3. The lowest BCUT2D eigenvalue weighted by Gasteiger charge is -2.34. The monoisotopic (exact) mass is 389 g/mol. The zero-order valence-corrected chi connectivity index (χ0v) is 16.0. The quantitative estimate of drug-likeness (QED) is 0.680. The molecule has 7 nitrogen and oxygen atoms in total. The molecule has 0 bridgehead atoms. The molecule has 0 unspecified atom stereocenters.